The number of ether oxygens (including phenoxy) is 1. The maximum Gasteiger partial charge on any atom is 0.251 e. The van der Waals surface area contributed by atoms with Crippen LogP contribution in [-0.2, 0) is 6.54 Å². The predicted octanol–water partition coefficient (Wildman–Crippen LogP) is 1.22. The van der Waals surface area contributed by atoms with Gasteiger partial charge < -0.3 is 20.7 Å². The number of amides is 1. The van der Waals surface area contributed by atoms with Gasteiger partial charge in [-0.15, -0.1) is 10.2 Å². The van der Waals surface area contributed by atoms with Gasteiger partial charge in [0.2, 0.25) is 0 Å². The van der Waals surface area contributed by atoms with Gasteiger partial charge in [0, 0.05) is 31.4 Å². The monoisotopic (exact) mass is 395 g/mol. The van der Waals surface area contributed by atoms with Crippen LogP contribution in [0.3, 0.4) is 0 Å². The van der Waals surface area contributed by atoms with Crippen molar-refractivity contribution >= 4 is 17.5 Å². The zero-order chi connectivity index (χ0) is 20.5. The lowest BCUT2D eigenvalue weighted by atomic mass is 10.2. The van der Waals surface area contributed by atoms with Crippen LogP contribution in [-0.4, -0.2) is 53.2 Å². The second-order valence-corrected chi connectivity index (χ2v) is 6.15. The fourth-order valence-electron chi connectivity index (χ4n) is 2.69. The Morgan fingerprint density at radius 1 is 1.07 bits per heavy atom. The Kier molecular flexibility index (Phi) is 6.99. The van der Waals surface area contributed by atoms with Crippen molar-refractivity contribution < 1.29 is 9.53 Å². The van der Waals surface area contributed by atoms with Crippen LogP contribution in [0.5, 0.6) is 5.75 Å². The smallest absolute Gasteiger partial charge is 0.251 e. The molecule has 0 saturated heterocycles. The molecule has 1 aromatic carbocycles. The van der Waals surface area contributed by atoms with Crippen molar-refractivity contribution in [3.63, 3.8) is 0 Å². The Morgan fingerprint density at radius 3 is 2.62 bits per heavy atom. The van der Waals surface area contributed by atoms with Crippen LogP contribution in [0.4, 0.5) is 0 Å². The number of carbonyl (C=O) groups is 1. The first-order valence-corrected chi connectivity index (χ1v) is 9.44. The highest BCUT2D eigenvalue weighted by molar-refractivity contribution is 5.94. The van der Waals surface area contributed by atoms with Gasteiger partial charge in [-0.1, -0.05) is 6.07 Å². The Bertz CT molecular complexity index is 966. The van der Waals surface area contributed by atoms with Crippen LogP contribution in [0.2, 0.25) is 0 Å². The van der Waals surface area contributed by atoms with Gasteiger partial charge in [-0.2, -0.15) is 0 Å². The summed E-state index contributed by atoms with van der Waals surface area (Å²) < 4.78 is 7.00. The lowest BCUT2D eigenvalue weighted by Crippen LogP contribution is -2.41. The van der Waals surface area contributed by atoms with Crippen molar-refractivity contribution in [2.24, 2.45) is 4.99 Å². The number of pyridine rings is 1. The number of rotatable bonds is 8. The van der Waals surface area contributed by atoms with E-state index in [0.29, 0.717) is 31.2 Å². The average Bonchev–Trinajstić information content (AvgIpc) is 3.18. The van der Waals surface area contributed by atoms with Crippen LogP contribution >= 0.6 is 0 Å². The maximum absolute atomic E-state index is 12.2. The van der Waals surface area contributed by atoms with E-state index in [9.17, 15) is 4.79 Å². The molecule has 0 aliphatic heterocycles. The third-order valence-corrected chi connectivity index (χ3v) is 4.16. The minimum absolute atomic E-state index is 0.133. The van der Waals surface area contributed by atoms with E-state index in [2.05, 4.69) is 31.1 Å². The van der Waals surface area contributed by atoms with Gasteiger partial charge >= 0.3 is 0 Å². The van der Waals surface area contributed by atoms with Gasteiger partial charge in [-0.05, 0) is 43.3 Å². The molecule has 1 amide bonds. The van der Waals surface area contributed by atoms with Gasteiger partial charge in [0.1, 0.15) is 12.3 Å². The maximum atomic E-state index is 12.2. The van der Waals surface area contributed by atoms with Crippen molar-refractivity contribution in [2.45, 2.75) is 13.5 Å². The van der Waals surface area contributed by atoms with Crippen molar-refractivity contribution in [3.8, 4) is 5.75 Å². The second kappa shape index (κ2) is 10.1. The third-order valence-electron chi connectivity index (χ3n) is 4.16. The first kappa shape index (κ1) is 20.1. The van der Waals surface area contributed by atoms with E-state index in [1.54, 1.807) is 31.4 Å². The molecular formula is C20H25N7O2. The number of benzene rings is 1. The number of carbonyl (C=O) groups excluding carboxylic acids is 1. The molecule has 0 fully saturated rings. The Labute approximate surface area is 169 Å². The number of methoxy groups -OCH3 is 1. The second-order valence-electron chi connectivity index (χ2n) is 6.15. The standard InChI is InChI=1S/C20H25N7O2/c1-3-21-20(24-14-18-26-25-17-6-4-5-13-27(17)18)23-12-11-22-19(28)15-7-9-16(29-2)10-8-15/h4-10,13H,3,11-12,14H2,1-2H3,(H,22,28)(H2,21,23,24). The van der Waals surface area contributed by atoms with Crippen molar-refractivity contribution in [1.29, 1.82) is 0 Å². The fourth-order valence-corrected chi connectivity index (χ4v) is 2.69. The van der Waals surface area contributed by atoms with Gasteiger partial charge in [-0.25, -0.2) is 4.99 Å². The summed E-state index contributed by atoms with van der Waals surface area (Å²) >= 11 is 0. The Hall–Kier alpha value is -3.62. The largest absolute Gasteiger partial charge is 0.497 e. The molecule has 0 atom stereocenters. The molecule has 2 aromatic heterocycles. The van der Waals surface area contributed by atoms with E-state index in [0.717, 1.165) is 23.8 Å². The molecule has 0 aliphatic carbocycles. The summed E-state index contributed by atoms with van der Waals surface area (Å²) in [5, 5.41) is 17.6. The number of hydrogen-bond acceptors (Lipinski definition) is 5. The van der Waals surface area contributed by atoms with Gasteiger partial charge in [0.25, 0.3) is 5.91 Å². The van der Waals surface area contributed by atoms with E-state index in [-0.39, 0.29) is 5.91 Å². The molecule has 0 unspecified atom stereocenters. The minimum Gasteiger partial charge on any atom is -0.497 e. The summed E-state index contributed by atoms with van der Waals surface area (Å²) in [4.78, 5) is 16.7. The highest BCUT2D eigenvalue weighted by Crippen LogP contribution is 2.10. The van der Waals surface area contributed by atoms with E-state index in [1.165, 1.54) is 0 Å². The molecular weight excluding hydrogens is 370 g/mol. The quantitative estimate of drug-likeness (QED) is 0.301. The molecule has 0 spiro atoms. The molecule has 0 bridgehead atoms. The van der Waals surface area contributed by atoms with Gasteiger partial charge in [-0.3, -0.25) is 9.20 Å². The van der Waals surface area contributed by atoms with E-state index in [1.807, 2.05) is 35.7 Å². The first-order valence-electron chi connectivity index (χ1n) is 9.44. The summed E-state index contributed by atoms with van der Waals surface area (Å²) in [5.41, 5.74) is 1.38. The van der Waals surface area contributed by atoms with Crippen molar-refractivity contribution in [1.82, 2.24) is 30.5 Å². The van der Waals surface area contributed by atoms with E-state index < -0.39 is 0 Å². The molecule has 29 heavy (non-hydrogen) atoms. The van der Waals surface area contributed by atoms with Crippen LogP contribution in [0, 0.1) is 0 Å². The fraction of sp³-hybridized carbons (Fsp3) is 0.300. The number of aromatic nitrogens is 3. The highest BCUT2D eigenvalue weighted by Gasteiger charge is 2.06. The summed E-state index contributed by atoms with van der Waals surface area (Å²) in [6.45, 7) is 4.11. The summed E-state index contributed by atoms with van der Waals surface area (Å²) in [6, 6.07) is 12.7. The van der Waals surface area contributed by atoms with E-state index >= 15 is 0 Å². The summed E-state index contributed by atoms with van der Waals surface area (Å²) in [6.07, 6.45) is 1.91. The zero-order valence-electron chi connectivity index (χ0n) is 16.6. The number of aliphatic imine (C=N–C) groups is 1. The number of nitrogens with one attached hydrogen (secondary N) is 3. The number of guanidine groups is 1. The SMILES string of the molecule is CCNC(=NCc1nnc2ccccn12)NCCNC(=O)c1ccc(OC)cc1. The highest BCUT2D eigenvalue weighted by atomic mass is 16.5. The molecule has 3 rings (SSSR count). The van der Waals surface area contributed by atoms with Crippen LogP contribution in [0.25, 0.3) is 5.65 Å². The Morgan fingerprint density at radius 2 is 1.86 bits per heavy atom. The molecule has 0 aliphatic rings. The molecule has 3 N–H and O–H groups in total. The van der Waals surface area contributed by atoms with Gasteiger partial charge in [0.05, 0.1) is 7.11 Å². The molecule has 9 nitrogen and oxygen atoms in total. The lowest BCUT2D eigenvalue weighted by molar-refractivity contribution is 0.0954. The number of hydrogen-bond donors (Lipinski definition) is 3. The average molecular weight is 395 g/mol. The van der Waals surface area contributed by atoms with Crippen molar-refractivity contribution in [2.75, 3.05) is 26.7 Å². The van der Waals surface area contributed by atoms with Crippen molar-refractivity contribution in [3.05, 3.63) is 60.0 Å². The number of nitrogens with zero attached hydrogens (tertiary/aromatic N) is 4. The number of fused-ring (bicyclic) bond motifs is 1. The van der Waals surface area contributed by atoms with Gasteiger partial charge in [0.15, 0.2) is 17.4 Å². The minimum atomic E-state index is -0.133. The normalized spacial score (nSPS) is 11.3. The van der Waals surface area contributed by atoms with Crippen LogP contribution in [0.15, 0.2) is 53.7 Å². The summed E-state index contributed by atoms with van der Waals surface area (Å²) in [7, 11) is 1.59. The molecule has 2 heterocycles. The third kappa shape index (κ3) is 5.44. The predicted molar refractivity (Wildman–Crippen MR) is 111 cm³/mol. The Balaban J connectivity index is 1.49. The van der Waals surface area contributed by atoms with E-state index in [4.69, 9.17) is 4.74 Å². The molecule has 0 saturated carbocycles. The molecule has 0 radical (unpaired) electrons. The molecule has 3 aromatic rings. The molecule has 152 valence electrons. The topological polar surface area (TPSA) is 105 Å². The lowest BCUT2D eigenvalue weighted by Gasteiger charge is -2.12. The molecule has 9 heteroatoms. The van der Waals surface area contributed by atoms with Crippen LogP contribution in [0.1, 0.15) is 23.1 Å². The zero-order valence-corrected chi connectivity index (χ0v) is 16.6. The van der Waals surface area contributed by atoms with Crippen LogP contribution < -0.4 is 20.7 Å². The summed E-state index contributed by atoms with van der Waals surface area (Å²) in [5.74, 6) is 1.99. The first-order chi connectivity index (χ1) is 14.2.